The number of fused-ring (bicyclic) bond motifs is 1. The molecule has 3 heterocycles. The van der Waals surface area contributed by atoms with Crippen LogP contribution in [0, 0.1) is 0 Å². The van der Waals surface area contributed by atoms with E-state index in [1.165, 1.54) is 28.9 Å². The van der Waals surface area contributed by atoms with Crippen LogP contribution in [0.25, 0.3) is 16.2 Å². The van der Waals surface area contributed by atoms with Crippen LogP contribution in [-0.4, -0.2) is 27.4 Å². The van der Waals surface area contributed by atoms with Gasteiger partial charge in [0.25, 0.3) is 5.56 Å². The van der Waals surface area contributed by atoms with E-state index in [4.69, 9.17) is 0 Å². The van der Waals surface area contributed by atoms with Gasteiger partial charge in [0, 0.05) is 29.4 Å². The van der Waals surface area contributed by atoms with Gasteiger partial charge in [-0.3, -0.25) is 14.2 Å². The van der Waals surface area contributed by atoms with Crippen molar-refractivity contribution in [3.05, 3.63) is 52.0 Å². The first kappa shape index (κ1) is 12.5. The average molecular weight is 287 g/mol. The highest BCUT2D eigenvalue weighted by atomic mass is 32.1. The van der Waals surface area contributed by atoms with Crippen molar-refractivity contribution in [2.75, 3.05) is 7.11 Å². The lowest BCUT2D eigenvalue weighted by Gasteiger charge is -2.02. The molecule has 3 rings (SSSR count). The second kappa shape index (κ2) is 4.86. The number of hydrogen-bond donors (Lipinski definition) is 0. The van der Waals surface area contributed by atoms with Crippen molar-refractivity contribution in [1.82, 2.24) is 14.4 Å². The van der Waals surface area contributed by atoms with E-state index in [2.05, 4.69) is 14.7 Å². The van der Waals surface area contributed by atoms with E-state index in [0.717, 1.165) is 5.56 Å². The molecule has 0 spiro atoms. The van der Waals surface area contributed by atoms with Gasteiger partial charge in [-0.25, -0.2) is 9.78 Å². The quantitative estimate of drug-likeness (QED) is 0.669. The molecule has 0 fully saturated rings. The fourth-order valence-electron chi connectivity index (χ4n) is 1.84. The first-order valence-corrected chi connectivity index (χ1v) is 6.58. The summed E-state index contributed by atoms with van der Waals surface area (Å²) >= 11 is 1.28. The van der Waals surface area contributed by atoms with Gasteiger partial charge < -0.3 is 4.74 Å². The molecule has 3 aromatic heterocycles. The maximum Gasteiger partial charge on any atom is 0.356 e. The number of nitrogens with zero attached hydrogens (tertiary/aromatic N) is 3. The molecule has 0 unspecified atom stereocenters. The Bertz CT molecular complexity index is 839. The van der Waals surface area contributed by atoms with Gasteiger partial charge in [-0.2, -0.15) is 0 Å². The Kier molecular flexibility index (Phi) is 3.03. The fraction of sp³-hybridized carbons (Fsp3) is 0.0769. The lowest BCUT2D eigenvalue weighted by atomic mass is 10.2. The predicted molar refractivity (Wildman–Crippen MR) is 73.9 cm³/mol. The third kappa shape index (κ3) is 1.97. The molecular weight excluding hydrogens is 278 g/mol. The number of pyridine rings is 1. The molecule has 0 aliphatic rings. The minimum atomic E-state index is -0.624. The molecule has 0 aromatic carbocycles. The smallest absolute Gasteiger partial charge is 0.356 e. The van der Waals surface area contributed by atoms with Crippen LogP contribution in [0.5, 0.6) is 0 Å². The Morgan fingerprint density at radius 2 is 2.30 bits per heavy atom. The molecule has 7 heteroatoms. The molecule has 0 atom stereocenters. The minimum Gasteiger partial charge on any atom is -0.464 e. The molecule has 0 bridgehead atoms. The number of esters is 1. The van der Waals surface area contributed by atoms with Crippen LogP contribution >= 0.6 is 11.3 Å². The molecule has 0 aliphatic heterocycles. The summed E-state index contributed by atoms with van der Waals surface area (Å²) in [5.74, 6) is -0.624. The van der Waals surface area contributed by atoms with Crippen molar-refractivity contribution >= 4 is 22.3 Å². The first-order chi connectivity index (χ1) is 9.70. The summed E-state index contributed by atoms with van der Waals surface area (Å²) in [6.07, 6.45) is 3.33. The van der Waals surface area contributed by atoms with Crippen LogP contribution in [0.4, 0.5) is 0 Å². The highest BCUT2D eigenvalue weighted by Gasteiger charge is 2.14. The van der Waals surface area contributed by atoms with Crippen molar-refractivity contribution in [2.45, 2.75) is 0 Å². The first-order valence-electron chi connectivity index (χ1n) is 5.70. The van der Waals surface area contributed by atoms with Gasteiger partial charge in [0.15, 0.2) is 10.7 Å². The van der Waals surface area contributed by atoms with Crippen LogP contribution in [0.15, 0.2) is 40.8 Å². The normalized spacial score (nSPS) is 10.7. The minimum absolute atomic E-state index is 0.0112. The van der Waals surface area contributed by atoms with Crippen molar-refractivity contribution in [1.29, 1.82) is 0 Å². The lowest BCUT2D eigenvalue weighted by molar-refractivity contribution is 0.0594. The molecule has 0 radical (unpaired) electrons. The highest BCUT2D eigenvalue weighted by Crippen LogP contribution is 2.23. The number of hydrogen-bond acceptors (Lipinski definition) is 6. The SMILES string of the molecule is COC(=O)c1cc(=O)n2c(-c3cccnc3)csc2n1. The number of carbonyl (C=O) groups excluding carboxylic acids is 1. The number of rotatable bonds is 2. The summed E-state index contributed by atoms with van der Waals surface area (Å²) in [4.78, 5) is 32.2. The summed E-state index contributed by atoms with van der Waals surface area (Å²) in [5.41, 5.74) is 1.20. The molecule has 6 nitrogen and oxygen atoms in total. The van der Waals surface area contributed by atoms with Gasteiger partial charge in [-0.1, -0.05) is 0 Å². The summed E-state index contributed by atoms with van der Waals surface area (Å²) in [5, 5.41) is 1.81. The summed E-state index contributed by atoms with van der Waals surface area (Å²) in [6.45, 7) is 0. The standard InChI is InChI=1S/C13H9N3O3S/c1-19-12(18)9-5-11(17)16-10(7-20-13(16)15-9)8-3-2-4-14-6-8/h2-7H,1H3. The van der Waals surface area contributed by atoms with Gasteiger partial charge in [0.1, 0.15) is 0 Å². The van der Waals surface area contributed by atoms with E-state index in [9.17, 15) is 9.59 Å². The number of carbonyl (C=O) groups is 1. The van der Waals surface area contributed by atoms with Crippen LogP contribution in [0.1, 0.15) is 10.5 Å². The molecule has 0 N–H and O–H groups in total. The van der Waals surface area contributed by atoms with Gasteiger partial charge in [-0.05, 0) is 12.1 Å². The van der Waals surface area contributed by atoms with Crippen molar-refractivity contribution in [3.63, 3.8) is 0 Å². The molecule has 3 aromatic rings. The van der Waals surface area contributed by atoms with E-state index < -0.39 is 5.97 Å². The number of aromatic nitrogens is 3. The Labute approximate surface area is 117 Å². The Morgan fingerprint density at radius 1 is 1.45 bits per heavy atom. The van der Waals surface area contributed by atoms with Gasteiger partial charge in [-0.15, -0.1) is 11.3 Å². The molecular formula is C13H9N3O3S. The Morgan fingerprint density at radius 3 is 3.00 bits per heavy atom. The predicted octanol–water partition coefficient (Wildman–Crippen LogP) is 1.60. The van der Waals surface area contributed by atoms with E-state index in [1.807, 2.05) is 11.4 Å². The van der Waals surface area contributed by atoms with Crippen LogP contribution in [-0.2, 0) is 4.74 Å². The van der Waals surface area contributed by atoms with E-state index in [1.54, 1.807) is 18.5 Å². The second-order valence-corrected chi connectivity index (χ2v) is 4.79. The number of thiazole rings is 1. The maximum atomic E-state index is 12.2. The summed E-state index contributed by atoms with van der Waals surface area (Å²) < 4.78 is 6.03. The zero-order valence-electron chi connectivity index (χ0n) is 10.4. The van der Waals surface area contributed by atoms with E-state index >= 15 is 0 Å². The highest BCUT2D eigenvalue weighted by molar-refractivity contribution is 7.15. The number of ether oxygens (including phenoxy) is 1. The van der Waals surface area contributed by atoms with Crippen LogP contribution in [0.3, 0.4) is 0 Å². The zero-order chi connectivity index (χ0) is 14.1. The van der Waals surface area contributed by atoms with Crippen molar-refractivity contribution < 1.29 is 9.53 Å². The molecule has 0 aliphatic carbocycles. The van der Waals surface area contributed by atoms with Crippen molar-refractivity contribution in [3.8, 4) is 11.3 Å². The van der Waals surface area contributed by atoms with Gasteiger partial charge in [0.2, 0.25) is 0 Å². The monoisotopic (exact) mass is 287 g/mol. The fourth-order valence-corrected chi connectivity index (χ4v) is 2.75. The zero-order valence-corrected chi connectivity index (χ0v) is 11.3. The van der Waals surface area contributed by atoms with Gasteiger partial charge >= 0.3 is 5.97 Å². The third-order valence-electron chi connectivity index (χ3n) is 2.76. The summed E-state index contributed by atoms with van der Waals surface area (Å²) in [6, 6.07) is 4.82. The van der Waals surface area contributed by atoms with E-state index in [0.29, 0.717) is 10.7 Å². The molecule has 0 amide bonds. The Hall–Kier alpha value is -2.54. The van der Waals surface area contributed by atoms with E-state index in [-0.39, 0.29) is 11.3 Å². The third-order valence-corrected chi connectivity index (χ3v) is 3.58. The average Bonchev–Trinajstić information content (AvgIpc) is 2.91. The second-order valence-electron chi connectivity index (χ2n) is 3.95. The summed E-state index contributed by atoms with van der Waals surface area (Å²) in [7, 11) is 1.25. The molecule has 100 valence electrons. The lowest BCUT2D eigenvalue weighted by Crippen LogP contribution is -2.17. The van der Waals surface area contributed by atoms with Crippen molar-refractivity contribution in [2.24, 2.45) is 0 Å². The largest absolute Gasteiger partial charge is 0.464 e. The molecule has 20 heavy (non-hydrogen) atoms. The van der Waals surface area contributed by atoms with Gasteiger partial charge in [0.05, 0.1) is 12.8 Å². The molecule has 0 saturated heterocycles. The van der Waals surface area contributed by atoms with Crippen LogP contribution < -0.4 is 5.56 Å². The topological polar surface area (TPSA) is 73.6 Å². The Balaban J connectivity index is 2.24. The van der Waals surface area contributed by atoms with Crippen LogP contribution in [0.2, 0.25) is 0 Å². The number of methoxy groups -OCH3 is 1. The maximum absolute atomic E-state index is 12.2. The molecule has 0 saturated carbocycles.